The van der Waals surface area contributed by atoms with Gasteiger partial charge in [-0.1, -0.05) is 6.07 Å². The van der Waals surface area contributed by atoms with Crippen molar-refractivity contribution < 1.29 is 4.79 Å². The van der Waals surface area contributed by atoms with Gasteiger partial charge in [-0.3, -0.25) is 4.79 Å². The Kier molecular flexibility index (Phi) is 4.69. The van der Waals surface area contributed by atoms with Crippen LogP contribution in [-0.4, -0.2) is 16.9 Å². The molecular formula is C20H28N2O. The summed E-state index contributed by atoms with van der Waals surface area (Å²) in [6.45, 7) is 15.0. The summed E-state index contributed by atoms with van der Waals surface area (Å²) in [4.78, 5) is 12.6. The van der Waals surface area contributed by atoms with Crippen molar-refractivity contribution in [3.8, 4) is 0 Å². The molecule has 23 heavy (non-hydrogen) atoms. The van der Waals surface area contributed by atoms with Gasteiger partial charge in [0.25, 0.3) is 0 Å². The molecule has 2 rings (SSSR count). The van der Waals surface area contributed by atoms with Gasteiger partial charge in [-0.2, -0.15) is 0 Å². The summed E-state index contributed by atoms with van der Waals surface area (Å²) in [5.74, 6) is 0.132. The maximum absolute atomic E-state index is 12.6. The summed E-state index contributed by atoms with van der Waals surface area (Å²) in [6, 6.07) is 8.27. The van der Waals surface area contributed by atoms with Crippen LogP contribution in [0, 0.1) is 27.7 Å². The summed E-state index contributed by atoms with van der Waals surface area (Å²) in [5, 5.41) is 3.26. The van der Waals surface area contributed by atoms with Crippen molar-refractivity contribution in [1.82, 2.24) is 4.57 Å². The Balaban J connectivity index is 2.19. The number of hydrogen-bond acceptors (Lipinski definition) is 2. The largest absolute Gasteiger partial charge is 0.378 e. The first-order valence-electron chi connectivity index (χ1n) is 8.14. The summed E-state index contributed by atoms with van der Waals surface area (Å²) in [7, 11) is 0. The smallest absolute Gasteiger partial charge is 0.183 e. The second-order valence-corrected chi connectivity index (χ2v) is 7.44. The number of aromatic nitrogens is 1. The predicted octanol–water partition coefficient (Wildman–Crippen LogP) is 4.77. The third-order valence-electron chi connectivity index (χ3n) is 4.08. The van der Waals surface area contributed by atoms with Crippen molar-refractivity contribution in [1.29, 1.82) is 0 Å². The van der Waals surface area contributed by atoms with Gasteiger partial charge in [0.15, 0.2) is 5.78 Å². The zero-order chi connectivity index (χ0) is 17.4. The molecule has 0 aliphatic heterocycles. The molecule has 3 heteroatoms. The molecule has 124 valence electrons. The second kappa shape index (κ2) is 6.23. The van der Waals surface area contributed by atoms with E-state index in [1.54, 1.807) is 0 Å². The van der Waals surface area contributed by atoms with Gasteiger partial charge in [0.2, 0.25) is 0 Å². The van der Waals surface area contributed by atoms with Crippen LogP contribution in [0.4, 0.5) is 5.69 Å². The van der Waals surface area contributed by atoms with Crippen molar-refractivity contribution in [2.45, 2.75) is 54.0 Å². The molecule has 1 N–H and O–H groups in total. The normalized spacial score (nSPS) is 11.6. The topological polar surface area (TPSA) is 34.0 Å². The number of ketones is 1. The van der Waals surface area contributed by atoms with Crippen molar-refractivity contribution >= 4 is 11.5 Å². The van der Waals surface area contributed by atoms with Crippen LogP contribution in [0.5, 0.6) is 0 Å². The van der Waals surface area contributed by atoms with Crippen molar-refractivity contribution in [2.24, 2.45) is 0 Å². The average molecular weight is 312 g/mol. The fourth-order valence-electron chi connectivity index (χ4n) is 3.43. The number of nitrogens with one attached hydrogen (secondary N) is 1. The number of aryl methyl sites for hydroxylation is 3. The quantitative estimate of drug-likeness (QED) is 0.825. The van der Waals surface area contributed by atoms with Crippen molar-refractivity contribution in [2.75, 3.05) is 11.9 Å². The number of rotatable bonds is 4. The van der Waals surface area contributed by atoms with Crippen LogP contribution >= 0.6 is 0 Å². The molecule has 2 aromatic rings. The van der Waals surface area contributed by atoms with Crippen LogP contribution in [-0.2, 0) is 5.54 Å². The number of nitrogens with zero attached hydrogens (tertiary/aromatic N) is 1. The number of Topliss-reactive ketones (excluding diaryl/α,β-unsaturated/α-hetero) is 1. The predicted molar refractivity (Wildman–Crippen MR) is 97.6 cm³/mol. The Bertz CT molecular complexity index is 713. The third kappa shape index (κ3) is 3.84. The van der Waals surface area contributed by atoms with Crippen LogP contribution in [0.1, 0.15) is 53.6 Å². The lowest BCUT2D eigenvalue weighted by molar-refractivity contribution is 0.100. The number of benzene rings is 1. The highest BCUT2D eigenvalue weighted by atomic mass is 16.1. The number of anilines is 1. The molecule has 0 aliphatic rings. The van der Waals surface area contributed by atoms with Crippen LogP contribution < -0.4 is 5.32 Å². The number of carbonyl (C=O) groups is 1. The lowest BCUT2D eigenvalue weighted by Crippen LogP contribution is -2.24. The van der Waals surface area contributed by atoms with E-state index in [1.165, 1.54) is 11.1 Å². The molecule has 0 saturated carbocycles. The van der Waals surface area contributed by atoms with Crippen molar-refractivity contribution in [3.63, 3.8) is 0 Å². The van der Waals surface area contributed by atoms with E-state index in [1.807, 2.05) is 13.0 Å². The van der Waals surface area contributed by atoms with Gasteiger partial charge in [-0.05, 0) is 77.8 Å². The molecule has 0 fully saturated rings. The minimum absolute atomic E-state index is 0.0201. The summed E-state index contributed by atoms with van der Waals surface area (Å²) in [6.07, 6.45) is 0. The van der Waals surface area contributed by atoms with Gasteiger partial charge in [0.1, 0.15) is 0 Å². The Morgan fingerprint density at radius 1 is 1.00 bits per heavy atom. The fourth-order valence-corrected chi connectivity index (χ4v) is 3.43. The zero-order valence-electron chi connectivity index (χ0n) is 15.4. The molecular weight excluding hydrogens is 284 g/mol. The Hall–Kier alpha value is -2.03. The molecule has 0 spiro atoms. The van der Waals surface area contributed by atoms with Crippen molar-refractivity contribution in [3.05, 3.63) is 52.3 Å². The Labute approximate surface area is 139 Å². The second-order valence-electron chi connectivity index (χ2n) is 7.44. The van der Waals surface area contributed by atoms with Gasteiger partial charge in [0.05, 0.1) is 6.54 Å². The average Bonchev–Trinajstić information content (AvgIpc) is 2.70. The molecule has 1 heterocycles. The summed E-state index contributed by atoms with van der Waals surface area (Å²) in [5.41, 5.74) is 6.37. The van der Waals surface area contributed by atoms with E-state index in [2.05, 4.69) is 69.6 Å². The Morgan fingerprint density at radius 3 is 2.04 bits per heavy atom. The zero-order valence-corrected chi connectivity index (χ0v) is 15.4. The van der Waals surface area contributed by atoms with Gasteiger partial charge < -0.3 is 9.88 Å². The fraction of sp³-hybridized carbons (Fsp3) is 0.450. The summed E-state index contributed by atoms with van der Waals surface area (Å²) < 4.78 is 2.23. The molecule has 1 aromatic carbocycles. The van der Waals surface area contributed by atoms with Gasteiger partial charge in [-0.25, -0.2) is 0 Å². The highest BCUT2D eigenvalue weighted by molar-refractivity contribution is 6.00. The monoisotopic (exact) mass is 312 g/mol. The molecule has 0 amide bonds. The lowest BCUT2D eigenvalue weighted by atomic mass is 10.1. The van der Waals surface area contributed by atoms with Crippen LogP contribution in [0.2, 0.25) is 0 Å². The lowest BCUT2D eigenvalue weighted by Gasteiger charge is -2.25. The van der Waals surface area contributed by atoms with E-state index in [0.717, 1.165) is 22.6 Å². The molecule has 0 unspecified atom stereocenters. The van der Waals surface area contributed by atoms with Crippen LogP contribution in [0.25, 0.3) is 0 Å². The first-order valence-corrected chi connectivity index (χ1v) is 8.14. The van der Waals surface area contributed by atoms with Gasteiger partial charge >= 0.3 is 0 Å². The summed E-state index contributed by atoms with van der Waals surface area (Å²) >= 11 is 0. The number of hydrogen-bond donors (Lipinski definition) is 1. The Morgan fingerprint density at radius 2 is 1.57 bits per heavy atom. The molecule has 0 atom stereocenters. The molecule has 0 bridgehead atoms. The standard InChI is InChI=1S/C20H28N2O/c1-13-8-14(2)10-17(9-13)21-12-19(23)18-11-15(3)22(16(18)4)20(5,6)7/h8-11,21H,12H2,1-7H3. The molecule has 0 radical (unpaired) electrons. The van der Waals surface area contributed by atoms with Gasteiger partial charge in [0, 0.05) is 28.2 Å². The molecule has 3 nitrogen and oxygen atoms in total. The maximum Gasteiger partial charge on any atom is 0.183 e. The van der Waals surface area contributed by atoms with E-state index < -0.39 is 0 Å². The van der Waals surface area contributed by atoms with Gasteiger partial charge in [-0.15, -0.1) is 0 Å². The highest BCUT2D eigenvalue weighted by Crippen LogP contribution is 2.25. The minimum Gasteiger partial charge on any atom is -0.378 e. The van der Waals surface area contributed by atoms with Crippen LogP contribution in [0.3, 0.4) is 0 Å². The SMILES string of the molecule is Cc1cc(C)cc(NCC(=O)c2cc(C)n(C(C)(C)C)c2C)c1. The van der Waals surface area contributed by atoms with Crippen LogP contribution in [0.15, 0.2) is 24.3 Å². The van der Waals surface area contributed by atoms with E-state index >= 15 is 0 Å². The van der Waals surface area contributed by atoms with E-state index in [-0.39, 0.29) is 11.3 Å². The molecule has 0 saturated heterocycles. The first kappa shape index (κ1) is 17.3. The van der Waals surface area contributed by atoms with E-state index in [4.69, 9.17) is 0 Å². The highest BCUT2D eigenvalue weighted by Gasteiger charge is 2.22. The number of carbonyl (C=O) groups excluding carboxylic acids is 1. The van der Waals surface area contributed by atoms with E-state index in [0.29, 0.717) is 6.54 Å². The molecule has 0 aliphatic carbocycles. The minimum atomic E-state index is -0.0201. The molecule has 1 aromatic heterocycles. The maximum atomic E-state index is 12.6. The third-order valence-corrected chi connectivity index (χ3v) is 4.08. The first-order chi connectivity index (χ1) is 10.6. The van der Waals surface area contributed by atoms with E-state index in [9.17, 15) is 4.79 Å².